The lowest BCUT2D eigenvalue weighted by molar-refractivity contribution is 0.0895. The molecule has 1 N–H and O–H groups in total. The van der Waals surface area contributed by atoms with Gasteiger partial charge in [0.05, 0.1) is 0 Å². The fraction of sp³-hybridized carbons (Fsp3) is 0.357. The molecule has 2 rings (SSSR count). The fourth-order valence-electron chi connectivity index (χ4n) is 2.10. The van der Waals surface area contributed by atoms with Gasteiger partial charge < -0.3 is 5.32 Å². The van der Waals surface area contributed by atoms with E-state index < -0.39 is 0 Å². The van der Waals surface area contributed by atoms with Gasteiger partial charge in [-0.3, -0.25) is 4.79 Å². The van der Waals surface area contributed by atoms with Gasteiger partial charge in [0, 0.05) is 11.5 Å². The SMILES string of the molecule is C=Cc1ccc(C(=O)C2CCNCC2)cc1. The minimum atomic E-state index is 0.204. The maximum atomic E-state index is 12.1. The maximum absolute atomic E-state index is 12.1. The molecular weight excluding hydrogens is 198 g/mol. The zero-order valence-electron chi connectivity index (χ0n) is 9.41. The average molecular weight is 215 g/mol. The number of piperidine rings is 1. The van der Waals surface area contributed by atoms with Gasteiger partial charge in [-0.1, -0.05) is 36.9 Å². The lowest BCUT2D eigenvalue weighted by atomic mass is 9.89. The van der Waals surface area contributed by atoms with Crippen LogP contribution in [0.25, 0.3) is 6.08 Å². The van der Waals surface area contributed by atoms with Crippen molar-refractivity contribution in [2.24, 2.45) is 5.92 Å². The number of benzene rings is 1. The van der Waals surface area contributed by atoms with Crippen LogP contribution in [0.1, 0.15) is 28.8 Å². The Hall–Kier alpha value is -1.41. The zero-order chi connectivity index (χ0) is 11.4. The van der Waals surface area contributed by atoms with Crippen LogP contribution < -0.4 is 5.32 Å². The topological polar surface area (TPSA) is 29.1 Å². The maximum Gasteiger partial charge on any atom is 0.166 e. The van der Waals surface area contributed by atoms with Crippen molar-refractivity contribution < 1.29 is 4.79 Å². The summed E-state index contributed by atoms with van der Waals surface area (Å²) in [7, 11) is 0. The van der Waals surface area contributed by atoms with Crippen molar-refractivity contribution in [1.29, 1.82) is 0 Å². The number of ketones is 1. The average Bonchev–Trinajstić information content (AvgIpc) is 2.39. The number of rotatable bonds is 3. The number of hydrogen-bond donors (Lipinski definition) is 1. The summed E-state index contributed by atoms with van der Waals surface area (Å²) in [6, 6.07) is 7.70. The van der Waals surface area contributed by atoms with Crippen LogP contribution in [0.15, 0.2) is 30.8 Å². The molecule has 2 heteroatoms. The molecule has 1 aliphatic rings. The van der Waals surface area contributed by atoms with Crippen LogP contribution in [0.2, 0.25) is 0 Å². The number of Topliss-reactive ketones (excluding diaryl/α,β-unsaturated/α-hetero) is 1. The first-order chi connectivity index (χ1) is 7.81. The van der Waals surface area contributed by atoms with E-state index in [2.05, 4.69) is 11.9 Å². The van der Waals surface area contributed by atoms with Gasteiger partial charge in [-0.15, -0.1) is 0 Å². The van der Waals surface area contributed by atoms with E-state index in [4.69, 9.17) is 0 Å². The lowest BCUT2D eigenvalue weighted by Gasteiger charge is -2.21. The monoisotopic (exact) mass is 215 g/mol. The van der Waals surface area contributed by atoms with E-state index in [1.807, 2.05) is 24.3 Å². The van der Waals surface area contributed by atoms with Gasteiger partial charge in [0.2, 0.25) is 0 Å². The van der Waals surface area contributed by atoms with E-state index in [0.717, 1.165) is 37.1 Å². The third-order valence-electron chi connectivity index (χ3n) is 3.14. The quantitative estimate of drug-likeness (QED) is 0.785. The third kappa shape index (κ3) is 2.39. The summed E-state index contributed by atoms with van der Waals surface area (Å²) in [5.41, 5.74) is 1.89. The Morgan fingerprint density at radius 3 is 2.44 bits per heavy atom. The van der Waals surface area contributed by atoms with E-state index in [0.29, 0.717) is 0 Å². The van der Waals surface area contributed by atoms with Gasteiger partial charge in [0.1, 0.15) is 0 Å². The summed E-state index contributed by atoms with van der Waals surface area (Å²) in [5, 5.41) is 3.27. The van der Waals surface area contributed by atoms with Gasteiger partial charge in [-0.2, -0.15) is 0 Å². The van der Waals surface area contributed by atoms with Crippen molar-refractivity contribution in [3.8, 4) is 0 Å². The van der Waals surface area contributed by atoms with Crippen LogP contribution in [0.3, 0.4) is 0 Å². The van der Waals surface area contributed by atoms with Gasteiger partial charge >= 0.3 is 0 Å². The predicted molar refractivity (Wildman–Crippen MR) is 66.5 cm³/mol. The second kappa shape index (κ2) is 5.08. The standard InChI is InChI=1S/C14H17NO/c1-2-11-3-5-12(6-4-11)14(16)13-7-9-15-10-8-13/h2-6,13,15H,1,7-10H2. The van der Waals surface area contributed by atoms with E-state index in [1.54, 1.807) is 6.08 Å². The fourth-order valence-corrected chi connectivity index (χ4v) is 2.10. The largest absolute Gasteiger partial charge is 0.317 e. The van der Waals surface area contributed by atoms with Crippen molar-refractivity contribution >= 4 is 11.9 Å². The Kier molecular flexibility index (Phi) is 3.52. The first-order valence-corrected chi connectivity index (χ1v) is 5.78. The molecule has 0 amide bonds. The molecule has 0 aliphatic carbocycles. The first kappa shape index (κ1) is 11.1. The van der Waals surface area contributed by atoms with Gasteiger partial charge in [-0.25, -0.2) is 0 Å². The highest BCUT2D eigenvalue weighted by Gasteiger charge is 2.21. The summed E-state index contributed by atoms with van der Waals surface area (Å²) < 4.78 is 0. The summed E-state index contributed by atoms with van der Waals surface area (Å²) >= 11 is 0. The molecule has 84 valence electrons. The van der Waals surface area contributed by atoms with Crippen molar-refractivity contribution in [3.05, 3.63) is 42.0 Å². The van der Waals surface area contributed by atoms with Crippen LogP contribution in [-0.4, -0.2) is 18.9 Å². The molecule has 1 heterocycles. The van der Waals surface area contributed by atoms with E-state index in [1.165, 1.54) is 0 Å². The molecule has 1 fully saturated rings. The van der Waals surface area contributed by atoms with E-state index in [9.17, 15) is 4.79 Å². The first-order valence-electron chi connectivity index (χ1n) is 5.78. The lowest BCUT2D eigenvalue weighted by Crippen LogP contribution is -2.31. The summed E-state index contributed by atoms with van der Waals surface area (Å²) in [6.07, 6.45) is 3.71. The van der Waals surface area contributed by atoms with Crippen LogP contribution in [0.4, 0.5) is 0 Å². The van der Waals surface area contributed by atoms with E-state index >= 15 is 0 Å². The molecule has 1 aromatic rings. The second-order valence-electron chi connectivity index (χ2n) is 4.21. The molecule has 0 unspecified atom stereocenters. The number of carbonyl (C=O) groups excluding carboxylic acids is 1. The number of nitrogens with one attached hydrogen (secondary N) is 1. The smallest absolute Gasteiger partial charge is 0.166 e. The molecular formula is C14H17NO. The highest BCUT2D eigenvalue weighted by molar-refractivity contribution is 5.98. The Bertz CT molecular complexity index is 374. The summed E-state index contributed by atoms with van der Waals surface area (Å²) in [4.78, 5) is 12.1. The molecule has 0 spiro atoms. The minimum Gasteiger partial charge on any atom is -0.317 e. The summed E-state index contributed by atoms with van der Waals surface area (Å²) in [6.45, 7) is 5.62. The van der Waals surface area contributed by atoms with Gasteiger partial charge in [-0.05, 0) is 31.5 Å². The highest BCUT2D eigenvalue weighted by atomic mass is 16.1. The molecule has 1 aliphatic heterocycles. The number of hydrogen-bond acceptors (Lipinski definition) is 2. The second-order valence-corrected chi connectivity index (χ2v) is 4.21. The molecule has 0 bridgehead atoms. The van der Waals surface area contributed by atoms with Crippen molar-refractivity contribution in [2.75, 3.05) is 13.1 Å². The minimum absolute atomic E-state index is 0.204. The van der Waals surface area contributed by atoms with Crippen LogP contribution in [0, 0.1) is 5.92 Å². The van der Waals surface area contributed by atoms with Crippen molar-refractivity contribution in [3.63, 3.8) is 0 Å². The van der Waals surface area contributed by atoms with Gasteiger partial charge in [0.25, 0.3) is 0 Å². The zero-order valence-corrected chi connectivity index (χ0v) is 9.41. The predicted octanol–water partition coefficient (Wildman–Crippen LogP) is 2.51. The molecule has 0 aromatic heterocycles. The van der Waals surface area contributed by atoms with Gasteiger partial charge in [0.15, 0.2) is 5.78 Å². The molecule has 2 nitrogen and oxygen atoms in total. The van der Waals surface area contributed by atoms with Crippen molar-refractivity contribution in [2.45, 2.75) is 12.8 Å². The number of carbonyl (C=O) groups is 1. The Balaban J connectivity index is 2.10. The molecule has 0 saturated carbocycles. The normalized spacial score (nSPS) is 17.0. The summed E-state index contributed by atoms with van der Waals surface area (Å²) in [5.74, 6) is 0.493. The highest BCUT2D eigenvalue weighted by Crippen LogP contribution is 2.18. The Labute approximate surface area is 96.4 Å². The molecule has 0 radical (unpaired) electrons. The van der Waals surface area contributed by atoms with Crippen LogP contribution in [0.5, 0.6) is 0 Å². The molecule has 0 atom stereocenters. The van der Waals surface area contributed by atoms with E-state index in [-0.39, 0.29) is 11.7 Å². The molecule has 1 saturated heterocycles. The van der Waals surface area contributed by atoms with Crippen LogP contribution >= 0.6 is 0 Å². The van der Waals surface area contributed by atoms with Crippen LogP contribution in [-0.2, 0) is 0 Å². The Morgan fingerprint density at radius 1 is 1.25 bits per heavy atom. The van der Waals surface area contributed by atoms with Crippen molar-refractivity contribution in [1.82, 2.24) is 5.32 Å². The third-order valence-corrected chi connectivity index (χ3v) is 3.14. The molecule has 16 heavy (non-hydrogen) atoms. The Morgan fingerprint density at radius 2 is 1.88 bits per heavy atom. The molecule has 1 aromatic carbocycles.